The van der Waals surface area contributed by atoms with Crippen LogP contribution < -0.4 is 0 Å². The maximum atomic E-state index is 11.8. The van der Waals surface area contributed by atoms with E-state index in [9.17, 15) is 4.79 Å². The molecule has 0 N–H and O–H groups in total. The molecule has 0 aromatic heterocycles. The van der Waals surface area contributed by atoms with E-state index in [0.717, 1.165) is 5.56 Å². The van der Waals surface area contributed by atoms with Gasteiger partial charge in [0.1, 0.15) is 6.10 Å². The van der Waals surface area contributed by atoms with Crippen molar-refractivity contribution in [2.24, 2.45) is 5.41 Å². The van der Waals surface area contributed by atoms with Crippen molar-refractivity contribution in [3.8, 4) is 6.07 Å². The first-order chi connectivity index (χ1) is 7.95. The molecule has 1 aromatic rings. The number of nitrogens with zero attached hydrogens (tertiary/aromatic N) is 1. The molecule has 1 rings (SSSR count). The predicted octanol–water partition coefficient (Wildman–Crippen LogP) is 3.23. The van der Waals surface area contributed by atoms with Crippen LogP contribution >= 0.6 is 0 Å². The molecule has 0 radical (unpaired) electrons. The molecule has 0 bridgehead atoms. The second-order valence-corrected chi connectivity index (χ2v) is 4.92. The van der Waals surface area contributed by atoms with E-state index in [1.807, 2.05) is 36.4 Å². The van der Waals surface area contributed by atoms with E-state index in [1.165, 1.54) is 0 Å². The maximum Gasteiger partial charge on any atom is 0.311 e. The standard InChI is InChI=1S/C14H17NO2/c1-14(2,3)13(16)17-12(9-10-15)11-7-5-4-6-8-11/h4-8,12H,9H2,1-3H3. The Bertz CT molecular complexity index is 412. The molecule has 0 saturated carbocycles. The number of carbonyl (C=O) groups is 1. The zero-order chi connectivity index (χ0) is 12.9. The van der Waals surface area contributed by atoms with E-state index in [4.69, 9.17) is 10.00 Å². The number of carbonyl (C=O) groups excluding carboxylic acids is 1. The molecule has 0 spiro atoms. The summed E-state index contributed by atoms with van der Waals surface area (Å²) in [7, 11) is 0. The first-order valence-corrected chi connectivity index (χ1v) is 5.58. The molecule has 0 fully saturated rings. The van der Waals surface area contributed by atoms with Gasteiger partial charge in [0.25, 0.3) is 0 Å². The van der Waals surface area contributed by atoms with Gasteiger partial charge in [0.05, 0.1) is 17.9 Å². The molecule has 0 aliphatic rings. The van der Waals surface area contributed by atoms with E-state index in [1.54, 1.807) is 20.8 Å². The molecule has 0 saturated heterocycles. The second kappa shape index (κ2) is 5.49. The molecule has 3 nitrogen and oxygen atoms in total. The van der Waals surface area contributed by atoms with Gasteiger partial charge in [-0.05, 0) is 26.3 Å². The fourth-order valence-electron chi connectivity index (χ4n) is 1.28. The molecule has 3 heteroatoms. The van der Waals surface area contributed by atoms with E-state index < -0.39 is 11.5 Å². The maximum absolute atomic E-state index is 11.8. The number of hydrogen-bond donors (Lipinski definition) is 0. The first kappa shape index (κ1) is 13.2. The van der Waals surface area contributed by atoms with Crippen LogP contribution in [0, 0.1) is 16.7 Å². The van der Waals surface area contributed by atoms with Crippen molar-refractivity contribution in [2.45, 2.75) is 33.3 Å². The van der Waals surface area contributed by atoms with Gasteiger partial charge in [-0.25, -0.2) is 0 Å². The lowest BCUT2D eigenvalue weighted by Crippen LogP contribution is -2.25. The summed E-state index contributed by atoms with van der Waals surface area (Å²) in [5, 5.41) is 8.77. The Balaban J connectivity index is 2.82. The number of hydrogen-bond acceptors (Lipinski definition) is 3. The van der Waals surface area contributed by atoms with Gasteiger partial charge in [-0.1, -0.05) is 30.3 Å². The Labute approximate surface area is 102 Å². The summed E-state index contributed by atoms with van der Waals surface area (Å²) >= 11 is 0. The lowest BCUT2D eigenvalue weighted by Gasteiger charge is -2.22. The fraction of sp³-hybridized carbons (Fsp3) is 0.429. The molecule has 1 atom stereocenters. The number of nitriles is 1. The van der Waals surface area contributed by atoms with Crippen molar-refractivity contribution in [3.05, 3.63) is 35.9 Å². The van der Waals surface area contributed by atoms with Crippen LogP contribution in [-0.4, -0.2) is 5.97 Å². The highest BCUT2D eigenvalue weighted by atomic mass is 16.5. The molecule has 90 valence electrons. The zero-order valence-corrected chi connectivity index (χ0v) is 10.4. The summed E-state index contributed by atoms with van der Waals surface area (Å²) in [5.74, 6) is -0.290. The van der Waals surface area contributed by atoms with E-state index in [0.29, 0.717) is 0 Å². The van der Waals surface area contributed by atoms with E-state index in [2.05, 4.69) is 0 Å². The van der Waals surface area contributed by atoms with Crippen molar-refractivity contribution in [1.29, 1.82) is 5.26 Å². The minimum Gasteiger partial charge on any atom is -0.456 e. The van der Waals surface area contributed by atoms with Crippen LogP contribution in [0.2, 0.25) is 0 Å². The summed E-state index contributed by atoms with van der Waals surface area (Å²) < 4.78 is 5.38. The van der Waals surface area contributed by atoms with Crippen LogP contribution in [0.5, 0.6) is 0 Å². The Morgan fingerprint density at radius 2 is 1.94 bits per heavy atom. The van der Waals surface area contributed by atoms with Gasteiger partial charge in [-0.15, -0.1) is 0 Å². The van der Waals surface area contributed by atoms with E-state index >= 15 is 0 Å². The molecule has 0 amide bonds. The molecule has 0 heterocycles. The summed E-state index contributed by atoms with van der Waals surface area (Å²) in [6.45, 7) is 5.39. The van der Waals surface area contributed by atoms with Crippen LogP contribution in [-0.2, 0) is 9.53 Å². The fourth-order valence-corrected chi connectivity index (χ4v) is 1.28. The van der Waals surface area contributed by atoms with Crippen molar-refractivity contribution in [3.63, 3.8) is 0 Å². The lowest BCUT2D eigenvalue weighted by atomic mass is 9.97. The second-order valence-electron chi connectivity index (χ2n) is 4.92. The van der Waals surface area contributed by atoms with Gasteiger partial charge in [0.15, 0.2) is 0 Å². The van der Waals surface area contributed by atoms with Gasteiger partial charge in [-0.2, -0.15) is 5.26 Å². The third-order valence-corrected chi connectivity index (χ3v) is 2.31. The monoisotopic (exact) mass is 231 g/mol. The number of ether oxygens (including phenoxy) is 1. The average molecular weight is 231 g/mol. The van der Waals surface area contributed by atoms with Gasteiger partial charge in [0, 0.05) is 0 Å². The van der Waals surface area contributed by atoms with Crippen LogP contribution in [0.1, 0.15) is 38.9 Å². The van der Waals surface area contributed by atoms with E-state index in [-0.39, 0.29) is 12.4 Å². The third kappa shape index (κ3) is 3.92. The third-order valence-electron chi connectivity index (χ3n) is 2.31. The van der Waals surface area contributed by atoms with Gasteiger partial charge >= 0.3 is 5.97 Å². The minimum absolute atomic E-state index is 0.172. The summed E-state index contributed by atoms with van der Waals surface area (Å²) in [6.07, 6.45) is -0.306. The van der Waals surface area contributed by atoms with Crippen molar-refractivity contribution >= 4 is 5.97 Å². The van der Waals surface area contributed by atoms with Crippen LogP contribution in [0.3, 0.4) is 0 Å². The summed E-state index contributed by atoms with van der Waals surface area (Å²) in [5.41, 5.74) is 0.300. The predicted molar refractivity (Wildman–Crippen MR) is 65.0 cm³/mol. The SMILES string of the molecule is CC(C)(C)C(=O)OC(CC#N)c1ccccc1. The summed E-state index contributed by atoms with van der Waals surface area (Å²) in [6, 6.07) is 11.4. The number of rotatable bonds is 3. The molecule has 1 aromatic carbocycles. The van der Waals surface area contributed by atoms with Crippen LogP contribution in [0.15, 0.2) is 30.3 Å². The van der Waals surface area contributed by atoms with Crippen molar-refractivity contribution < 1.29 is 9.53 Å². The largest absolute Gasteiger partial charge is 0.456 e. The highest BCUT2D eigenvalue weighted by molar-refractivity contribution is 5.75. The quantitative estimate of drug-likeness (QED) is 0.750. The van der Waals surface area contributed by atoms with Gasteiger partial charge in [0.2, 0.25) is 0 Å². The molecule has 0 aliphatic heterocycles. The smallest absolute Gasteiger partial charge is 0.311 e. The Morgan fingerprint density at radius 1 is 1.35 bits per heavy atom. The number of benzene rings is 1. The average Bonchev–Trinajstić information content (AvgIpc) is 2.28. The Hall–Kier alpha value is -1.82. The molecular weight excluding hydrogens is 214 g/mol. The van der Waals surface area contributed by atoms with Crippen molar-refractivity contribution in [1.82, 2.24) is 0 Å². The van der Waals surface area contributed by atoms with Crippen LogP contribution in [0.4, 0.5) is 0 Å². The lowest BCUT2D eigenvalue weighted by molar-refractivity contribution is -0.158. The Kier molecular flexibility index (Phi) is 4.28. The molecular formula is C14H17NO2. The first-order valence-electron chi connectivity index (χ1n) is 5.58. The highest BCUT2D eigenvalue weighted by Gasteiger charge is 2.26. The van der Waals surface area contributed by atoms with Crippen molar-refractivity contribution in [2.75, 3.05) is 0 Å². The van der Waals surface area contributed by atoms with Gasteiger partial charge in [-0.3, -0.25) is 4.79 Å². The normalized spacial score (nSPS) is 12.6. The van der Waals surface area contributed by atoms with Gasteiger partial charge < -0.3 is 4.74 Å². The summed E-state index contributed by atoms with van der Waals surface area (Å²) in [4.78, 5) is 11.8. The van der Waals surface area contributed by atoms with Crippen LogP contribution in [0.25, 0.3) is 0 Å². The minimum atomic E-state index is -0.553. The zero-order valence-electron chi connectivity index (χ0n) is 10.4. The molecule has 1 unspecified atom stereocenters. The molecule has 0 aliphatic carbocycles. The number of esters is 1. The topological polar surface area (TPSA) is 50.1 Å². The Morgan fingerprint density at radius 3 is 2.41 bits per heavy atom. The molecule has 17 heavy (non-hydrogen) atoms. The highest BCUT2D eigenvalue weighted by Crippen LogP contribution is 2.25.